The standard InChI is InChI=1S/C15H23NO2/c1-18-16-12-14(8-4-2-5-9-14)13(17)15(16)10-6-3-7-11-15/h6,10H,2-5,7-9,11-12H2,1H3/t15-/m1/s1. The van der Waals surface area contributed by atoms with E-state index in [4.69, 9.17) is 4.84 Å². The van der Waals surface area contributed by atoms with Gasteiger partial charge >= 0.3 is 0 Å². The normalized spacial score (nSPS) is 35.7. The maximum absolute atomic E-state index is 13.1. The second-order valence-electron chi connectivity index (χ2n) is 6.11. The van der Waals surface area contributed by atoms with Crippen LogP contribution in [0.2, 0.25) is 0 Å². The van der Waals surface area contributed by atoms with Crippen LogP contribution in [0.4, 0.5) is 0 Å². The monoisotopic (exact) mass is 249 g/mol. The van der Waals surface area contributed by atoms with Crippen molar-refractivity contribution in [3.05, 3.63) is 12.2 Å². The van der Waals surface area contributed by atoms with E-state index in [1.165, 1.54) is 19.3 Å². The summed E-state index contributed by atoms with van der Waals surface area (Å²) in [5.74, 6) is 0.438. The Bertz CT molecular complexity index is 371. The summed E-state index contributed by atoms with van der Waals surface area (Å²) in [5.41, 5.74) is -0.555. The Morgan fingerprint density at radius 3 is 2.56 bits per heavy atom. The average Bonchev–Trinajstić information content (AvgIpc) is 2.64. The van der Waals surface area contributed by atoms with Crippen LogP contribution in [0.1, 0.15) is 51.4 Å². The smallest absolute Gasteiger partial charge is 0.166 e. The number of ketones is 1. The van der Waals surface area contributed by atoms with Crippen LogP contribution in [0.15, 0.2) is 12.2 Å². The summed E-state index contributed by atoms with van der Waals surface area (Å²) in [6.45, 7) is 0.798. The van der Waals surface area contributed by atoms with Gasteiger partial charge in [-0.2, -0.15) is 5.06 Å². The van der Waals surface area contributed by atoms with E-state index in [1.807, 2.05) is 5.06 Å². The highest BCUT2D eigenvalue weighted by atomic mass is 16.7. The SMILES string of the molecule is CON1CC2(CCCCC2)C(=O)[C@]12C=CCCC2. The van der Waals surface area contributed by atoms with Crippen molar-refractivity contribution < 1.29 is 9.63 Å². The zero-order valence-electron chi connectivity index (χ0n) is 11.3. The third-order valence-corrected chi connectivity index (χ3v) is 5.12. The van der Waals surface area contributed by atoms with E-state index in [0.29, 0.717) is 5.78 Å². The van der Waals surface area contributed by atoms with E-state index in [2.05, 4.69) is 12.2 Å². The highest BCUT2D eigenvalue weighted by Crippen LogP contribution is 2.50. The molecule has 0 N–H and O–H groups in total. The van der Waals surface area contributed by atoms with Gasteiger partial charge in [0.2, 0.25) is 0 Å². The summed E-state index contributed by atoms with van der Waals surface area (Å²) in [6.07, 6.45) is 13.2. The fourth-order valence-electron chi connectivity index (χ4n) is 4.15. The first-order valence-electron chi connectivity index (χ1n) is 7.28. The molecule has 1 aliphatic heterocycles. The summed E-state index contributed by atoms with van der Waals surface area (Å²) in [5, 5.41) is 1.97. The highest BCUT2D eigenvalue weighted by Gasteiger charge is 2.60. The van der Waals surface area contributed by atoms with Gasteiger partial charge in [0.15, 0.2) is 5.78 Å². The number of hydrogen-bond donors (Lipinski definition) is 0. The van der Waals surface area contributed by atoms with E-state index in [-0.39, 0.29) is 5.41 Å². The van der Waals surface area contributed by atoms with Crippen LogP contribution in [0.5, 0.6) is 0 Å². The summed E-state index contributed by atoms with van der Waals surface area (Å²) in [4.78, 5) is 18.6. The molecule has 0 radical (unpaired) electrons. The number of hydroxylamine groups is 2. The molecule has 3 heteroatoms. The fraction of sp³-hybridized carbons (Fsp3) is 0.800. The summed E-state index contributed by atoms with van der Waals surface area (Å²) in [6, 6.07) is 0. The van der Waals surface area contributed by atoms with Gasteiger partial charge in [-0.1, -0.05) is 31.4 Å². The van der Waals surface area contributed by atoms with Crippen molar-refractivity contribution in [3.8, 4) is 0 Å². The Morgan fingerprint density at radius 1 is 1.17 bits per heavy atom. The summed E-state index contributed by atoms with van der Waals surface area (Å²) >= 11 is 0. The molecule has 1 saturated carbocycles. The van der Waals surface area contributed by atoms with Gasteiger partial charge in [0.1, 0.15) is 5.54 Å². The molecule has 3 nitrogen and oxygen atoms in total. The van der Waals surface area contributed by atoms with Gasteiger partial charge in [-0.3, -0.25) is 4.79 Å². The average molecular weight is 249 g/mol. The second kappa shape index (κ2) is 4.46. The van der Waals surface area contributed by atoms with Gasteiger partial charge in [0, 0.05) is 12.0 Å². The van der Waals surface area contributed by atoms with E-state index in [0.717, 1.165) is 38.6 Å². The number of carbonyl (C=O) groups is 1. The van der Waals surface area contributed by atoms with Crippen LogP contribution < -0.4 is 0 Å². The van der Waals surface area contributed by atoms with Gasteiger partial charge < -0.3 is 4.84 Å². The van der Waals surface area contributed by atoms with Crippen LogP contribution in [-0.4, -0.2) is 30.0 Å². The minimum Gasteiger partial charge on any atom is -0.301 e. The van der Waals surface area contributed by atoms with Crippen LogP contribution in [0, 0.1) is 5.41 Å². The molecule has 1 saturated heterocycles. The maximum atomic E-state index is 13.1. The predicted octanol–water partition coefficient (Wildman–Crippen LogP) is 2.86. The molecule has 18 heavy (non-hydrogen) atoms. The minimum absolute atomic E-state index is 0.115. The Hall–Kier alpha value is -0.670. The topological polar surface area (TPSA) is 29.5 Å². The van der Waals surface area contributed by atoms with E-state index in [1.54, 1.807) is 7.11 Å². The fourth-order valence-corrected chi connectivity index (χ4v) is 4.15. The van der Waals surface area contributed by atoms with Crippen molar-refractivity contribution in [3.63, 3.8) is 0 Å². The largest absolute Gasteiger partial charge is 0.301 e. The Morgan fingerprint density at radius 2 is 1.94 bits per heavy atom. The zero-order chi connectivity index (χ0) is 12.6. The van der Waals surface area contributed by atoms with Gasteiger partial charge in [-0.15, -0.1) is 0 Å². The minimum atomic E-state index is -0.440. The quantitative estimate of drug-likeness (QED) is 0.669. The summed E-state index contributed by atoms with van der Waals surface area (Å²) < 4.78 is 0. The molecule has 1 heterocycles. The lowest BCUT2D eigenvalue weighted by molar-refractivity contribution is -0.175. The van der Waals surface area contributed by atoms with Gasteiger partial charge in [-0.05, 0) is 32.1 Å². The Kier molecular flexibility index (Phi) is 3.07. The molecule has 2 fully saturated rings. The first-order valence-corrected chi connectivity index (χ1v) is 7.28. The number of nitrogens with zero attached hydrogens (tertiary/aromatic N) is 1. The number of allylic oxidation sites excluding steroid dienone is 1. The maximum Gasteiger partial charge on any atom is 0.166 e. The summed E-state index contributed by atoms with van der Waals surface area (Å²) in [7, 11) is 1.71. The third kappa shape index (κ3) is 1.60. The molecule has 0 bridgehead atoms. The predicted molar refractivity (Wildman–Crippen MR) is 70.0 cm³/mol. The third-order valence-electron chi connectivity index (χ3n) is 5.12. The van der Waals surface area contributed by atoms with Crippen LogP contribution in [0.3, 0.4) is 0 Å². The van der Waals surface area contributed by atoms with Crippen molar-refractivity contribution in [2.75, 3.05) is 13.7 Å². The zero-order valence-corrected chi connectivity index (χ0v) is 11.3. The first kappa shape index (κ1) is 12.4. The molecule has 1 atom stereocenters. The molecule has 0 aromatic heterocycles. The van der Waals surface area contributed by atoms with Crippen molar-refractivity contribution in [2.45, 2.75) is 56.9 Å². The molecule has 0 aromatic rings. The lowest BCUT2D eigenvalue weighted by atomic mass is 9.68. The first-order chi connectivity index (χ1) is 8.73. The molecule has 2 spiro atoms. The van der Waals surface area contributed by atoms with Crippen molar-refractivity contribution in [2.24, 2.45) is 5.41 Å². The van der Waals surface area contributed by atoms with Crippen LogP contribution in [0.25, 0.3) is 0 Å². The highest BCUT2D eigenvalue weighted by molar-refractivity contribution is 5.97. The van der Waals surface area contributed by atoms with Crippen LogP contribution in [-0.2, 0) is 9.63 Å². The molecule has 0 aromatic carbocycles. The molecule has 0 amide bonds. The number of Topliss-reactive ketones (excluding diaryl/α,β-unsaturated/α-hetero) is 1. The Balaban J connectivity index is 1.96. The van der Waals surface area contributed by atoms with Gasteiger partial charge in [0.05, 0.1) is 7.11 Å². The number of hydrogen-bond acceptors (Lipinski definition) is 3. The molecule has 2 aliphatic carbocycles. The van der Waals surface area contributed by atoms with Gasteiger partial charge in [-0.25, -0.2) is 0 Å². The molecule has 3 rings (SSSR count). The van der Waals surface area contributed by atoms with Crippen molar-refractivity contribution >= 4 is 5.78 Å². The van der Waals surface area contributed by atoms with Crippen molar-refractivity contribution in [1.29, 1.82) is 0 Å². The van der Waals surface area contributed by atoms with E-state index in [9.17, 15) is 4.79 Å². The lowest BCUT2D eigenvalue weighted by Gasteiger charge is -2.35. The number of rotatable bonds is 1. The van der Waals surface area contributed by atoms with Crippen molar-refractivity contribution in [1.82, 2.24) is 5.06 Å². The van der Waals surface area contributed by atoms with E-state index >= 15 is 0 Å². The molecule has 3 aliphatic rings. The second-order valence-corrected chi connectivity index (χ2v) is 6.11. The lowest BCUT2D eigenvalue weighted by Crippen LogP contribution is -2.48. The molecular formula is C15H23NO2. The Labute approximate surface area is 109 Å². The van der Waals surface area contributed by atoms with Crippen LogP contribution >= 0.6 is 0 Å². The molecule has 100 valence electrons. The molecular weight excluding hydrogens is 226 g/mol. The molecule has 0 unspecified atom stereocenters. The number of carbonyl (C=O) groups excluding carboxylic acids is 1. The van der Waals surface area contributed by atoms with Gasteiger partial charge in [0.25, 0.3) is 0 Å². The van der Waals surface area contributed by atoms with E-state index < -0.39 is 5.54 Å².